The number of carbonyl (C=O) groups excluding carboxylic acids is 1. The molecule has 2 amide bonds. The van der Waals surface area contributed by atoms with Crippen LogP contribution in [-0.2, 0) is 0 Å². The van der Waals surface area contributed by atoms with E-state index in [-0.39, 0.29) is 22.8 Å². The predicted octanol–water partition coefficient (Wildman–Crippen LogP) is 3.78. The second-order valence-corrected chi connectivity index (χ2v) is 7.51. The highest BCUT2D eigenvalue weighted by Gasteiger charge is 2.50. The van der Waals surface area contributed by atoms with E-state index in [1.807, 2.05) is 6.92 Å². The highest BCUT2D eigenvalue weighted by Crippen LogP contribution is 2.40. The first-order valence-corrected chi connectivity index (χ1v) is 9.56. The molecule has 0 spiro atoms. The largest absolute Gasteiger partial charge is 0.371 e. The van der Waals surface area contributed by atoms with E-state index >= 15 is 0 Å². The first kappa shape index (κ1) is 18.7. The van der Waals surface area contributed by atoms with Gasteiger partial charge in [-0.3, -0.25) is 9.88 Å². The third-order valence-electron chi connectivity index (χ3n) is 5.26. The molecule has 7 heteroatoms. The van der Waals surface area contributed by atoms with E-state index in [9.17, 15) is 14.3 Å². The second kappa shape index (κ2) is 7.42. The third-order valence-corrected chi connectivity index (χ3v) is 5.55. The summed E-state index contributed by atoms with van der Waals surface area (Å²) >= 11 is 6.32. The SMILES string of the molecule is CC1CCCC2C(O)N(c3c(F)cc(C#Cc4cccnc4)cc3Cl)C(=O)N12. The molecule has 0 aliphatic carbocycles. The van der Waals surface area contributed by atoms with E-state index in [0.717, 1.165) is 17.7 Å². The minimum atomic E-state index is -1.13. The second-order valence-electron chi connectivity index (χ2n) is 7.10. The van der Waals surface area contributed by atoms with Gasteiger partial charge in [-0.25, -0.2) is 9.18 Å². The fourth-order valence-corrected chi connectivity index (χ4v) is 4.24. The van der Waals surface area contributed by atoms with Gasteiger partial charge in [-0.2, -0.15) is 0 Å². The molecule has 4 rings (SSSR count). The van der Waals surface area contributed by atoms with Gasteiger partial charge in [0.2, 0.25) is 0 Å². The molecule has 2 aliphatic heterocycles. The number of piperidine rings is 1. The first-order valence-electron chi connectivity index (χ1n) is 9.18. The molecule has 1 aromatic heterocycles. The van der Waals surface area contributed by atoms with Gasteiger partial charge in [0.05, 0.1) is 11.1 Å². The van der Waals surface area contributed by atoms with E-state index in [1.54, 1.807) is 29.4 Å². The first-order chi connectivity index (χ1) is 13.5. The van der Waals surface area contributed by atoms with Gasteiger partial charge in [0, 0.05) is 29.6 Å². The van der Waals surface area contributed by atoms with Crippen LogP contribution in [0.15, 0.2) is 36.7 Å². The van der Waals surface area contributed by atoms with Crippen LogP contribution >= 0.6 is 11.6 Å². The van der Waals surface area contributed by atoms with Crippen molar-refractivity contribution in [2.75, 3.05) is 4.90 Å². The van der Waals surface area contributed by atoms with E-state index in [4.69, 9.17) is 11.6 Å². The number of aliphatic hydroxyl groups is 1. The van der Waals surface area contributed by atoms with Crippen molar-refractivity contribution >= 4 is 23.3 Å². The van der Waals surface area contributed by atoms with Crippen molar-refractivity contribution in [3.8, 4) is 11.8 Å². The number of urea groups is 1. The Morgan fingerprint density at radius 2 is 2.07 bits per heavy atom. The molecular formula is C21H19ClFN3O2. The number of benzene rings is 1. The summed E-state index contributed by atoms with van der Waals surface area (Å²) in [4.78, 5) is 19.6. The van der Waals surface area contributed by atoms with Gasteiger partial charge in [0.15, 0.2) is 6.23 Å². The standard InChI is InChI=1S/C21H19ClFN3O2/c1-13-4-2-6-18-20(27)26(21(28)25(13)18)19-16(22)10-15(11-17(19)23)8-7-14-5-3-9-24-12-14/h3,5,9-13,18,20,27H,2,4,6H2,1H3. The fraction of sp³-hybridized carbons (Fsp3) is 0.333. The normalized spacial score (nSPS) is 24.0. The van der Waals surface area contributed by atoms with Gasteiger partial charge in [-0.15, -0.1) is 0 Å². The average Bonchev–Trinajstić information content (AvgIpc) is 2.93. The lowest BCUT2D eigenvalue weighted by Crippen LogP contribution is -2.45. The zero-order valence-electron chi connectivity index (χ0n) is 15.3. The predicted molar refractivity (Wildman–Crippen MR) is 104 cm³/mol. The Hall–Kier alpha value is -2.62. The molecule has 1 aromatic carbocycles. The van der Waals surface area contributed by atoms with Gasteiger partial charge in [0.25, 0.3) is 0 Å². The lowest BCUT2D eigenvalue weighted by Gasteiger charge is -2.34. The minimum Gasteiger partial charge on any atom is -0.371 e. The van der Waals surface area contributed by atoms with E-state index < -0.39 is 18.1 Å². The number of amides is 2. The lowest BCUT2D eigenvalue weighted by molar-refractivity contribution is 0.0729. The van der Waals surface area contributed by atoms with Crippen LogP contribution in [0.25, 0.3) is 0 Å². The summed E-state index contributed by atoms with van der Waals surface area (Å²) in [5, 5.41) is 10.7. The maximum absolute atomic E-state index is 14.9. The summed E-state index contributed by atoms with van der Waals surface area (Å²) in [6, 6.07) is 5.52. The number of hydrogen-bond acceptors (Lipinski definition) is 3. The molecule has 0 bridgehead atoms. The van der Waals surface area contributed by atoms with Crippen LogP contribution in [-0.4, -0.2) is 39.3 Å². The van der Waals surface area contributed by atoms with Crippen LogP contribution in [0.5, 0.6) is 0 Å². The summed E-state index contributed by atoms with van der Waals surface area (Å²) in [6.07, 6.45) is 4.58. The van der Waals surface area contributed by atoms with Gasteiger partial charge >= 0.3 is 6.03 Å². The number of aliphatic hydroxyl groups excluding tert-OH is 1. The maximum Gasteiger partial charge on any atom is 0.327 e. The monoisotopic (exact) mass is 399 g/mol. The third kappa shape index (κ3) is 3.21. The molecule has 2 fully saturated rings. The molecule has 3 unspecified atom stereocenters. The van der Waals surface area contributed by atoms with Crippen molar-refractivity contribution in [2.45, 2.75) is 44.5 Å². The van der Waals surface area contributed by atoms with Gasteiger partial charge < -0.3 is 10.0 Å². The number of rotatable bonds is 1. The molecule has 1 N–H and O–H groups in total. The molecule has 2 saturated heterocycles. The van der Waals surface area contributed by atoms with Crippen molar-refractivity contribution < 1.29 is 14.3 Å². The van der Waals surface area contributed by atoms with E-state index in [2.05, 4.69) is 16.8 Å². The van der Waals surface area contributed by atoms with Crippen LogP contribution in [0.4, 0.5) is 14.9 Å². The Morgan fingerprint density at radius 3 is 2.75 bits per heavy atom. The van der Waals surface area contributed by atoms with Crippen LogP contribution in [0.2, 0.25) is 5.02 Å². The minimum absolute atomic E-state index is 0.00245. The number of nitrogens with zero attached hydrogens (tertiary/aromatic N) is 3. The number of anilines is 1. The Labute approximate surface area is 167 Å². The molecular weight excluding hydrogens is 381 g/mol. The van der Waals surface area contributed by atoms with Crippen molar-refractivity contribution in [1.29, 1.82) is 0 Å². The number of fused-ring (bicyclic) bond motifs is 1. The average molecular weight is 400 g/mol. The fourth-order valence-electron chi connectivity index (χ4n) is 3.94. The van der Waals surface area contributed by atoms with Crippen molar-refractivity contribution in [3.05, 3.63) is 58.6 Å². The Balaban J connectivity index is 1.68. The maximum atomic E-state index is 14.9. The molecule has 28 heavy (non-hydrogen) atoms. The summed E-state index contributed by atoms with van der Waals surface area (Å²) in [6.45, 7) is 1.94. The quantitative estimate of drug-likeness (QED) is 0.742. The van der Waals surface area contributed by atoms with Crippen molar-refractivity contribution in [2.24, 2.45) is 0 Å². The molecule has 2 aromatic rings. The van der Waals surface area contributed by atoms with Crippen molar-refractivity contribution in [1.82, 2.24) is 9.88 Å². The van der Waals surface area contributed by atoms with Crippen LogP contribution in [0.3, 0.4) is 0 Å². The highest BCUT2D eigenvalue weighted by molar-refractivity contribution is 6.34. The van der Waals surface area contributed by atoms with Gasteiger partial charge in [-0.1, -0.05) is 23.4 Å². The Bertz CT molecular complexity index is 950. The molecule has 5 nitrogen and oxygen atoms in total. The summed E-state index contributed by atoms with van der Waals surface area (Å²) < 4.78 is 14.9. The topological polar surface area (TPSA) is 56.7 Å². The van der Waals surface area contributed by atoms with Crippen molar-refractivity contribution in [3.63, 3.8) is 0 Å². The number of hydrogen-bond donors (Lipinski definition) is 1. The Morgan fingerprint density at radius 1 is 1.29 bits per heavy atom. The van der Waals surface area contributed by atoms with E-state index in [1.165, 1.54) is 12.1 Å². The van der Waals surface area contributed by atoms with Gasteiger partial charge in [0.1, 0.15) is 11.5 Å². The summed E-state index contributed by atoms with van der Waals surface area (Å²) in [5.74, 6) is 5.05. The number of carbonyl (C=O) groups is 1. The highest BCUT2D eigenvalue weighted by atomic mass is 35.5. The number of halogens is 2. The van der Waals surface area contributed by atoms with Crippen LogP contribution < -0.4 is 4.90 Å². The zero-order valence-corrected chi connectivity index (χ0v) is 16.0. The molecule has 3 atom stereocenters. The zero-order chi connectivity index (χ0) is 19.8. The van der Waals surface area contributed by atoms with E-state index in [0.29, 0.717) is 17.5 Å². The number of aromatic nitrogens is 1. The lowest BCUT2D eigenvalue weighted by atomic mass is 9.97. The summed E-state index contributed by atoms with van der Waals surface area (Å²) in [5.41, 5.74) is 0.967. The van der Waals surface area contributed by atoms with Gasteiger partial charge in [-0.05, 0) is 50.5 Å². The molecule has 0 radical (unpaired) electrons. The molecule has 144 valence electrons. The molecule has 2 aliphatic rings. The smallest absolute Gasteiger partial charge is 0.327 e. The van der Waals surface area contributed by atoms with Crippen LogP contribution in [0.1, 0.15) is 37.3 Å². The molecule has 3 heterocycles. The Kier molecular flexibility index (Phi) is 4.96. The molecule has 0 saturated carbocycles. The van der Waals surface area contributed by atoms with Crippen LogP contribution in [0, 0.1) is 17.7 Å². The number of pyridine rings is 1. The summed E-state index contributed by atoms with van der Waals surface area (Å²) in [7, 11) is 0.